The van der Waals surface area contributed by atoms with Gasteiger partial charge in [-0.3, -0.25) is 4.79 Å². The number of carbonyl (C=O) groups excluding carboxylic acids is 1. The Morgan fingerprint density at radius 2 is 2.11 bits per heavy atom. The van der Waals surface area contributed by atoms with Crippen LogP contribution in [0.15, 0.2) is 18.2 Å². The van der Waals surface area contributed by atoms with E-state index in [4.69, 9.17) is 5.73 Å². The van der Waals surface area contributed by atoms with Crippen LogP contribution in [-0.2, 0) is 0 Å². The van der Waals surface area contributed by atoms with Gasteiger partial charge in [-0.15, -0.1) is 0 Å². The number of nitrogens with zero attached hydrogens (tertiary/aromatic N) is 1. The number of benzene rings is 1. The highest BCUT2D eigenvalue weighted by Gasteiger charge is 2.37. The zero-order valence-corrected chi connectivity index (χ0v) is 11.6. The second-order valence-electron chi connectivity index (χ2n) is 5.46. The van der Waals surface area contributed by atoms with Crippen LogP contribution in [0.25, 0.3) is 0 Å². The van der Waals surface area contributed by atoms with E-state index in [1.165, 1.54) is 6.07 Å². The molecule has 0 aliphatic carbocycles. The molecule has 1 aromatic rings. The number of nitrogens with two attached hydrogens (primary N) is 1. The Balaban J connectivity index is 2.15. The molecule has 1 fully saturated rings. The van der Waals surface area contributed by atoms with Crippen LogP contribution >= 0.6 is 0 Å². The SMILES string of the molecule is CCC1(CC)CCN(C(=O)c2ccc(N)c(O)c2)C1. The number of hydrogen-bond donors (Lipinski definition) is 2. The lowest BCUT2D eigenvalue weighted by atomic mass is 9.82. The fourth-order valence-electron chi connectivity index (χ4n) is 2.79. The second kappa shape index (κ2) is 5.11. The van der Waals surface area contributed by atoms with Crippen molar-refractivity contribution in [3.05, 3.63) is 23.8 Å². The van der Waals surface area contributed by atoms with Gasteiger partial charge in [0.25, 0.3) is 5.91 Å². The largest absolute Gasteiger partial charge is 0.506 e. The number of phenolic OH excluding ortho intramolecular Hbond substituents is 1. The Bertz CT molecular complexity index is 481. The molecule has 0 saturated carbocycles. The molecule has 19 heavy (non-hydrogen) atoms. The number of rotatable bonds is 3. The summed E-state index contributed by atoms with van der Waals surface area (Å²) in [5.74, 6) is -0.0404. The van der Waals surface area contributed by atoms with Crippen LogP contribution in [0.3, 0.4) is 0 Å². The molecule has 1 aliphatic rings. The van der Waals surface area contributed by atoms with E-state index < -0.39 is 0 Å². The molecule has 0 radical (unpaired) electrons. The Labute approximate surface area is 114 Å². The number of nitrogen functional groups attached to an aromatic ring is 1. The highest BCUT2D eigenvalue weighted by molar-refractivity contribution is 5.95. The van der Waals surface area contributed by atoms with Crippen molar-refractivity contribution in [1.29, 1.82) is 0 Å². The van der Waals surface area contributed by atoms with Crippen LogP contribution in [0.4, 0.5) is 5.69 Å². The Morgan fingerprint density at radius 1 is 1.42 bits per heavy atom. The maximum absolute atomic E-state index is 12.4. The molecule has 0 spiro atoms. The monoisotopic (exact) mass is 262 g/mol. The molecule has 4 nitrogen and oxygen atoms in total. The van der Waals surface area contributed by atoms with E-state index in [9.17, 15) is 9.90 Å². The van der Waals surface area contributed by atoms with Gasteiger partial charge in [-0.1, -0.05) is 13.8 Å². The van der Waals surface area contributed by atoms with Gasteiger partial charge >= 0.3 is 0 Å². The first-order valence-electron chi connectivity index (χ1n) is 6.89. The fraction of sp³-hybridized carbons (Fsp3) is 0.533. The summed E-state index contributed by atoms with van der Waals surface area (Å²) in [5.41, 5.74) is 6.63. The lowest BCUT2D eigenvalue weighted by Gasteiger charge is -2.26. The van der Waals surface area contributed by atoms with Crippen LogP contribution < -0.4 is 5.73 Å². The van der Waals surface area contributed by atoms with Crippen molar-refractivity contribution in [3.63, 3.8) is 0 Å². The molecule has 0 bridgehead atoms. The topological polar surface area (TPSA) is 66.6 Å². The lowest BCUT2D eigenvalue weighted by molar-refractivity contribution is 0.0769. The highest BCUT2D eigenvalue weighted by atomic mass is 16.3. The molecule has 1 aliphatic heterocycles. The minimum atomic E-state index is -0.0257. The van der Waals surface area contributed by atoms with Gasteiger partial charge < -0.3 is 15.7 Å². The van der Waals surface area contributed by atoms with Crippen LogP contribution in [0, 0.1) is 5.41 Å². The van der Waals surface area contributed by atoms with E-state index in [-0.39, 0.29) is 17.1 Å². The van der Waals surface area contributed by atoms with Crippen molar-refractivity contribution < 1.29 is 9.90 Å². The minimum absolute atomic E-state index is 0.0147. The smallest absolute Gasteiger partial charge is 0.254 e. The summed E-state index contributed by atoms with van der Waals surface area (Å²) in [4.78, 5) is 14.3. The molecule has 0 unspecified atom stereocenters. The molecular formula is C15H22N2O2. The molecule has 0 atom stereocenters. The number of anilines is 1. The number of phenols is 1. The maximum Gasteiger partial charge on any atom is 0.254 e. The summed E-state index contributed by atoms with van der Waals surface area (Å²) in [5, 5.41) is 9.59. The quantitative estimate of drug-likeness (QED) is 0.650. The van der Waals surface area contributed by atoms with Gasteiger partial charge in [0.05, 0.1) is 5.69 Å². The predicted octanol–water partition coefficient (Wildman–Crippen LogP) is 2.63. The summed E-state index contributed by atoms with van der Waals surface area (Å²) in [6, 6.07) is 4.70. The number of likely N-dealkylation sites (tertiary alicyclic amines) is 1. The predicted molar refractivity (Wildman–Crippen MR) is 76.1 cm³/mol. The second-order valence-corrected chi connectivity index (χ2v) is 5.46. The number of amides is 1. The van der Waals surface area contributed by atoms with E-state index in [1.54, 1.807) is 12.1 Å². The molecule has 2 rings (SSSR count). The van der Waals surface area contributed by atoms with Gasteiger partial charge in [0.1, 0.15) is 5.75 Å². The molecule has 1 saturated heterocycles. The molecule has 3 N–H and O–H groups in total. The third-order valence-electron chi connectivity index (χ3n) is 4.50. The van der Waals surface area contributed by atoms with Gasteiger partial charge in [0.15, 0.2) is 0 Å². The maximum atomic E-state index is 12.4. The minimum Gasteiger partial charge on any atom is -0.506 e. The molecular weight excluding hydrogens is 240 g/mol. The van der Waals surface area contributed by atoms with Gasteiger partial charge in [0.2, 0.25) is 0 Å². The third-order valence-corrected chi connectivity index (χ3v) is 4.50. The van der Waals surface area contributed by atoms with E-state index in [2.05, 4.69) is 13.8 Å². The van der Waals surface area contributed by atoms with Crippen molar-refractivity contribution in [2.24, 2.45) is 5.41 Å². The van der Waals surface area contributed by atoms with Gasteiger partial charge in [-0.05, 0) is 42.9 Å². The van der Waals surface area contributed by atoms with Crippen LogP contribution in [0.2, 0.25) is 0 Å². The van der Waals surface area contributed by atoms with Crippen molar-refractivity contribution in [1.82, 2.24) is 4.90 Å². The molecule has 4 heteroatoms. The van der Waals surface area contributed by atoms with E-state index in [1.807, 2.05) is 4.90 Å². The van der Waals surface area contributed by atoms with Crippen molar-refractivity contribution in [2.75, 3.05) is 18.8 Å². The summed E-state index contributed by atoms with van der Waals surface area (Å²) in [7, 11) is 0. The number of aromatic hydroxyl groups is 1. The van der Waals surface area contributed by atoms with Crippen LogP contribution in [0.1, 0.15) is 43.5 Å². The van der Waals surface area contributed by atoms with Crippen LogP contribution in [-0.4, -0.2) is 29.0 Å². The summed E-state index contributed by atoms with van der Waals surface area (Å²) < 4.78 is 0. The lowest BCUT2D eigenvalue weighted by Crippen LogP contribution is -2.31. The Kier molecular flexibility index (Phi) is 3.69. The first kappa shape index (κ1) is 13.7. The highest BCUT2D eigenvalue weighted by Crippen LogP contribution is 2.37. The standard InChI is InChI=1S/C15H22N2O2/c1-3-15(4-2)7-8-17(10-15)14(19)11-5-6-12(16)13(18)9-11/h5-6,9,18H,3-4,7-8,10,16H2,1-2H3. The van der Waals surface area contributed by atoms with Gasteiger partial charge in [-0.2, -0.15) is 0 Å². The zero-order chi connectivity index (χ0) is 14.0. The molecule has 1 aromatic carbocycles. The summed E-state index contributed by atoms with van der Waals surface area (Å²) in [6.07, 6.45) is 3.26. The normalized spacial score (nSPS) is 17.7. The first-order chi connectivity index (χ1) is 9.01. The molecule has 1 amide bonds. The van der Waals surface area contributed by atoms with E-state index in [0.717, 1.165) is 32.4 Å². The molecule has 0 aromatic heterocycles. The van der Waals surface area contributed by atoms with Crippen molar-refractivity contribution in [2.45, 2.75) is 33.1 Å². The Hall–Kier alpha value is -1.71. The van der Waals surface area contributed by atoms with Crippen LogP contribution in [0.5, 0.6) is 5.75 Å². The number of carbonyl (C=O) groups is 1. The average Bonchev–Trinajstić information content (AvgIpc) is 2.86. The average molecular weight is 262 g/mol. The third kappa shape index (κ3) is 2.53. The number of hydrogen-bond acceptors (Lipinski definition) is 3. The fourth-order valence-corrected chi connectivity index (χ4v) is 2.79. The van der Waals surface area contributed by atoms with Crippen molar-refractivity contribution >= 4 is 11.6 Å². The van der Waals surface area contributed by atoms with E-state index >= 15 is 0 Å². The first-order valence-corrected chi connectivity index (χ1v) is 6.89. The Morgan fingerprint density at radius 3 is 2.63 bits per heavy atom. The molecule has 1 heterocycles. The summed E-state index contributed by atoms with van der Waals surface area (Å²) in [6.45, 7) is 5.98. The zero-order valence-electron chi connectivity index (χ0n) is 11.6. The van der Waals surface area contributed by atoms with Gasteiger partial charge in [0, 0.05) is 18.7 Å². The van der Waals surface area contributed by atoms with Gasteiger partial charge in [-0.25, -0.2) is 0 Å². The summed E-state index contributed by atoms with van der Waals surface area (Å²) >= 11 is 0. The molecule has 104 valence electrons. The van der Waals surface area contributed by atoms with E-state index in [0.29, 0.717) is 11.3 Å². The van der Waals surface area contributed by atoms with Crippen molar-refractivity contribution in [3.8, 4) is 5.75 Å².